The number of carbonyl (C=O) groups is 1. The van der Waals surface area contributed by atoms with Crippen molar-refractivity contribution in [2.75, 3.05) is 11.9 Å². The molecule has 2 aromatic rings. The highest BCUT2D eigenvalue weighted by Crippen LogP contribution is 2.18. The van der Waals surface area contributed by atoms with E-state index < -0.39 is 0 Å². The number of hydrogen-bond donors (Lipinski definition) is 1. The second-order valence-electron chi connectivity index (χ2n) is 5.10. The van der Waals surface area contributed by atoms with Gasteiger partial charge in [-0.2, -0.15) is 0 Å². The molecule has 0 aromatic heterocycles. The van der Waals surface area contributed by atoms with Crippen molar-refractivity contribution in [3.05, 3.63) is 71.8 Å². The summed E-state index contributed by atoms with van der Waals surface area (Å²) in [6.45, 7) is 8.13. The molecule has 0 radical (unpaired) electrons. The summed E-state index contributed by atoms with van der Waals surface area (Å²) in [7, 11) is 0. The third-order valence-electron chi connectivity index (χ3n) is 2.86. The molecule has 0 atom stereocenters. The topological polar surface area (TPSA) is 38.3 Å². The monoisotopic (exact) mass is 281 g/mol. The lowest BCUT2D eigenvalue weighted by Crippen LogP contribution is -2.12. The van der Waals surface area contributed by atoms with Crippen molar-refractivity contribution in [3.63, 3.8) is 0 Å². The highest BCUT2D eigenvalue weighted by molar-refractivity contribution is 6.04. The third kappa shape index (κ3) is 4.49. The highest BCUT2D eigenvalue weighted by Gasteiger charge is 2.06. The number of anilines is 1. The maximum Gasteiger partial charge on any atom is 0.255 e. The predicted octanol–water partition coefficient (Wildman–Crippen LogP) is 4.20. The van der Waals surface area contributed by atoms with Gasteiger partial charge in [-0.05, 0) is 43.7 Å². The Morgan fingerprint density at radius 3 is 2.67 bits per heavy atom. The van der Waals surface area contributed by atoms with E-state index in [9.17, 15) is 4.79 Å². The van der Waals surface area contributed by atoms with Crippen molar-refractivity contribution in [1.82, 2.24) is 0 Å². The van der Waals surface area contributed by atoms with Crippen molar-refractivity contribution in [1.29, 1.82) is 0 Å². The average Bonchev–Trinajstić information content (AvgIpc) is 2.45. The number of ether oxygens (including phenoxy) is 1. The number of aryl methyl sites for hydroxylation is 1. The predicted molar refractivity (Wildman–Crippen MR) is 85.9 cm³/mol. The molecule has 2 rings (SSSR count). The van der Waals surface area contributed by atoms with Crippen molar-refractivity contribution >= 4 is 11.6 Å². The zero-order valence-electron chi connectivity index (χ0n) is 12.3. The highest BCUT2D eigenvalue weighted by atomic mass is 16.5. The fraction of sp³-hybridized carbons (Fsp3) is 0.167. The molecule has 0 heterocycles. The molecule has 0 fully saturated rings. The molecule has 3 heteroatoms. The Bertz CT molecular complexity index is 662. The number of carbonyl (C=O) groups excluding carboxylic acids is 1. The Labute approximate surface area is 125 Å². The van der Waals surface area contributed by atoms with Gasteiger partial charge in [-0.3, -0.25) is 4.79 Å². The van der Waals surface area contributed by atoms with Crippen molar-refractivity contribution < 1.29 is 9.53 Å². The molecule has 21 heavy (non-hydrogen) atoms. The van der Waals surface area contributed by atoms with E-state index in [1.54, 1.807) is 12.1 Å². The SMILES string of the molecule is C=C(C)COc1cccc(NC(=O)c2cccc(C)c2)c1. The molecule has 0 aliphatic rings. The second-order valence-corrected chi connectivity index (χ2v) is 5.10. The van der Waals surface area contributed by atoms with Gasteiger partial charge in [-0.1, -0.05) is 30.3 Å². The van der Waals surface area contributed by atoms with E-state index in [4.69, 9.17) is 4.74 Å². The first-order valence-electron chi connectivity index (χ1n) is 6.80. The molecule has 0 bridgehead atoms. The van der Waals surface area contributed by atoms with Crippen LogP contribution < -0.4 is 10.1 Å². The fourth-order valence-corrected chi connectivity index (χ4v) is 1.86. The molecule has 0 unspecified atom stereocenters. The Morgan fingerprint density at radius 2 is 1.95 bits per heavy atom. The van der Waals surface area contributed by atoms with Crippen LogP contribution in [-0.2, 0) is 0 Å². The standard InChI is InChI=1S/C18H19NO2/c1-13(2)12-21-17-9-5-8-16(11-17)19-18(20)15-7-4-6-14(3)10-15/h4-11H,1,12H2,2-3H3,(H,19,20). The van der Waals surface area contributed by atoms with Gasteiger partial charge in [0.15, 0.2) is 0 Å². The summed E-state index contributed by atoms with van der Waals surface area (Å²) in [5.41, 5.74) is 3.36. The molecule has 2 aromatic carbocycles. The van der Waals surface area contributed by atoms with Crippen LogP contribution in [0.1, 0.15) is 22.8 Å². The Kier molecular flexibility index (Phi) is 4.77. The third-order valence-corrected chi connectivity index (χ3v) is 2.86. The average molecular weight is 281 g/mol. The van der Waals surface area contributed by atoms with Crippen LogP contribution in [0, 0.1) is 6.92 Å². The Balaban J connectivity index is 2.07. The van der Waals surface area contributed by atoms with E-state index in [2.05, 4.69) is 11.9 Å². The lowest BCUT2D eigenvalue weighted by molar-refractivity contribution is 0.102. The van der Waals surface area contributed by atoms with Crippen LogP contribution in [0.4, 0.5) is 5.69 Å². The van der Waals surface area contributed by atoms with Gasteiger partial charge in [0.1, 0.15) is 12.4 Å². The number of amides is 1. The zero-order chi connectivity index (χ0) is 15.2. The van der Waals surface area contributed by atoms with Gasteiger partial charge in [0.2, 0.25) is 0 Å². The van der Waals surface area contributed by atoms with Crippen LogP contribution in [0.3, 0.4) is 0 Å². The summed E-state index contributed by atoms with van der Waals surface area (Å²) in [6, 6.07) is 14.8. The van der Waals surface area contributed by atoms with Gasteiger partial charge in [0.05, 0.1) is 0 Å². The lowest BCUT2D eigenvalue weighted by atomic mass is 10.1. The first kappa shape index (κ1) is 14.9. The maximum absolute atomic E-state index is 12.2. The molecule has 0 saturated heterocycles. The molecule has 0 aliphatic heterocycles. The van der Waals surface area contributed by atoms with Crippen LogP contribution in [0.5, 0.6) is 5.75 Å². The molecular formula is C18H19NO2. The van der Waals surface area contributed by atoms with Gasteiger partial charge in [-0.25, -0.2) is 0 Å². The molecule has 0 aliphatic carbocycles. The van der Waals surface area contributed by atoms with Gasteiger partial charge in [0, 0.05) is 17.3 Å². The summed E-state index contributed by atoms with van der Waals surface area (Å²) in [5.74, 6) is 0.579. The minimum atomic E-state index is -0.129. The molecular weight excluding hydrogens is 262 g/mol. The van der Waals surface area contributed by atoms with Crippen LogP contribution in [0.15, 0.2) is 60.7 Å². The van der Waals surface area contributed by atoms with Crippen LogP contribution >= 0.6 is 0 Å². The second kappa shape index (κ2) is 6.75. The van der Waals surface area contributed by atoms with Gasteiger partial charge in [0.25, 0.3) is 5.91 Å². The molecule has 3 nitrogen and oxygen atoms in total. The van der Waals surface area contributed by atoms with Gasteiger partial charge >= 0.3 is 0 Å². The summed E-state index contributed by atoms with van der Waals surface area (Å²) in [4.78, 5) is 12.2. The molecule has 1 amide bonds. The number of benzene rings is 2. The van der Waals surface area contributed by atoms with E-state index in [1.807, 2.05) is 50.2 Å². The first-order chi connectivity index (χ1) is 10.0. The van der Waals surface area contributed by atoms with E-state index in [0.29, 0.717) is 23.6 Å². The summed E-state index contributed by atoms with van der Waals surface area (Å²) >= 11 is 0. The van der Waals surface area contributed by atoms with Crippen LogP contribution in [-0.4, -0.2) is 12.5 Å². The molecule has 1 N–H and O–H groups in total. The maximum atomic E-state index is 12.2. The summed E-state index contributed by atoms with van der Waals surface area (Å²) < 4.78 is 5.56. The van der Waals surface area contributed by atoms with Gasteiger partial charge < -0.3 is 10.1 Å². The largest absolute Gasteiger partial charge is 0.489 e. The van der Waals surface area contributed by atoms with Crippen molar-refractivity contribution in [2.45, 2.75) is 13.8 Å². The molecule has 108 valence electrons. The lowest BCUT2D eigenvalue weighted by Gasteiger charge is -2.09. The number of nitrogens with one attached hydrogen (secondary N) is 1. The van der Waals surface area contributed by atoms with E-state index in [1.165, 1.54) is 0 Å². The van der Waals surface area contributed by atoms with Gasteiger partial charge in [-0.15, -0.1) is 0 Å². The number of rotatable bonds is 5. The van der Waals surface area contributed by atoms with Crippen molar-refractivity contribution in [2.24, 2.45) is 0 Å². The van der Waals surface area contributed by atoms with E-state index in [0.717, 1.165) is 11.1 Å². The van der Waals surface area contributed by atoms with E-state index >= 15 is 0 Å². The smallest absolute Gasteiger partial charge is 0.255 e. The molecule has 0 saturated carbocycles. The van der Waals surface area contributed by atoms with Crippen molar-refractivity contribution in [3.8, 4) is 5.75 Å². The fourth-order valence-electron chi connectivity index (χ4n) is 1.86. The van der Waals surface area contributed by atoms with Crippen LogP contribution in [0.2, 0.25) is 0 Å². The van der Waals surface area contributed by atoms with Crippen LogP contribution in [0.25, 0.3) is 0 Å². The summed E-state index contributed by atoms with van der Waals surface area (Å²) in [5, 5.41) is 2.87. The quantitative estimate of drug-likeness (QED) is 0.834. The Morgan fingerprint density at radius 1 is 1.19 bits per heavy atom. The first-order valence-corrected chi connectivity index (χ1v) is 6.80. The normalized spacial score (nSPS) is 10.0. The number of hydrogen-bond acceptors (Lipinski definition) is 2. The zero-order valence-corrected chi connectivity index (χ0v) is 12.3. The minimum absolute atomic E-state index is 0.129. The summed E-state index contributed by atoms with van der Waals surface area (Å²) in [6.07, 6.45) is 0. The van der Waals surface area contributed by atoms with E-state index in [-0.39, 0.29) is 5.91 Å². The Hall–Kier alpha value is -2.55. The minimum Gasteiger partial charge on any atom is -0.489 e. The molecule has 0 spiro atoms.